The molecule has 0 amide bonds. The summed E-state index contributed by atoms with van der Waals surface area (Å²) < 4.78 is 5.33. The van der Waals surface area contributed by atoms with E-state index >= 15 is 0 Å². The summed E-state index contributed by atoms with van der Waals surface area (Å²) in [5, 5.41) is 9.10. The van der Waals surface area contributed by atoms with Gasteiger partial charge in [-0.15, -0.1) is 0 Å². The molecular formula is C18H23NO2. The van der Waals surface area contributed by atoms with Crippen LogP contribution in [-0.2, 0) is 9.53 Å². The highest BCUT2D eigenvalue weighted by Crippen LogP contribution is 2.12. The number of rotatable bonds is 8. The van der Waals surface area contributed by atoms with Gasteiger partial charge >= 0.3 is 5.97 Å². The molecule has 0 bridgehead atoms. The van der Waals surface area contributed by atoms with E-state index in [0.717, 1.165) is 24.8 Å². The van der Waals surface area contributed by atoms with Crippen molar-refractivity contribution >= 4 is 12.0 Å². The molecule has 1 atom stereocenters. The molecule has 1 aromatic rings. The van der Waals surface area contributed by atoms with Crippen LogP contribution in [0.2, 0.25) is 0 Å². The Labute approximate surface area is 127 Å². The number of ether oxygens (including phenoxy) is 1. The van der Waals surface area contributed by atoms with Crippen LogP contribution in [0.15, 0.2) is 35.9 Å². The fourth-order valence-corrected chi connectivity index (χ4v) is 2.02. The summed E-state index contributed by atoms with van der Waals surface area (Å²) in [5.74, 6) is -0.538. The zero-order valence-electron chi connectivity index (χ0n) is 12.8. The highest BCUT2D eigenvalue weighted by atomic mass is 16.5. The number of carbonyl (C=O) groups is 1. The summed E-state index contributed by atoms with van der Waals surface area (Å²) in [7, 11) is 0. The van der Waals surface area contributed by atoms with Crippen LogP contribution in [0.5, 0.6) is 0 Å². The van der Waals surface area contributed by atoms with Gasteiger partial charge in [0.2, 0.25) is 0 Å². The van der Waals surface area contributed by atoms with Crippen molar-refractivity contribution in [2.24, 2.45) is 0 Å². The lowest BCUT2D eigenvalue weighted by Gasteiger charge is -2.12. The Morgan fingerprint density at radius 2 is 2.00 bits per heavy atom. The summed E-state index contributed by atoms with van der Waals surface area (Å²) in [6, 6.07) is 11.2. The van der Waals surface area contributed by atoms with Gasteiger partial charge in [-0.1, -0.05) is 56.5 Å². The number of nitrogens with zero attached hydrogens (tertiary/aromatic N) is 1. The van der Waals surface area contributed by atoms with Crippen molar-refractivity contribution in [3.8, 4) is 6.07 Å². The molecule has 0 aliphatic heterocycles. The van der Waals surface area contributed by atoms with Crippen LogP contribution in [-0.4, -0.2) is 12.1 Å². The van der Waals surface area contributed by atoms with E-state index in [0.29, 0.717) is 0 Å². The molecule has 1 rings (SSSR count). The Bertz CT molecular complexity index is 500. The third kappa shape index (κ3) is 6.76. The van der Waals surface area contributed by atoms with Crippen LogP contribution in [0.4, 0.5) is 0 Å². The van der Waals surface area contributed by atoms with Crippen molar-refractivity contribution in [1.82, 2.24) is 0 Å². The van der Waals surface area contributed by atoms with Crippen molar-refractivity contribution in [2.45, 2.75) is 52.1 Å². The number of hydrogen-bond acceptors (Lipinski definition) is 3. The Kier molecular flexibility index (Phi) is 7.89. The highest BCUT2D eigenvalue weighted by Gasteiger charge is 2.14. The third-order valence-electron chi connectivity index (χ3n) is 3.22. The zero-order chi connectivity index (χ0) is 15.5. The number of nitriles is 1. The van der Waals surface area contributed by atoms with E-state index in [2.05, 4.69) is 6.92 Å². The van der Waals surface area contributed by atoms with Gasteiger partial charge < -0.3 is 4.74 Å². The van der Waals surface area contributed by atoms with Crippen molar-refractivity contribution in [3.05, 3.63) is 41.5 Å². The molecule has 112 valence electrons. The summed E-state index contributed by atoms with van der Waals surface area (Å²) in [6.45, 7) is 4.04. The van der Waals surface area contributed by atoms with E-state index in [1.807, 2.05) is 43.3 Å². The average molecular weight is 285 g/mol. The van der Waals surface area contributed by atoms with E-state index in [4.69, 9.17) is 10.00 Å². The quantitative estimate of drug-likeness (QED) is 0.306. The molecule has 0 saturated heterocycles. The van der Waals surface area contributed by atoms with Crippen LogP contribution in [0.1, 0.15) is 51.5 Å². The fourth-order valence-electron chi connectivity index (χ4n) is 2.02. The van der Waals surface area contributed by atoms with Crippen LogP contribution in [0.25, 0.3) is 6.08 Å². The minimum Gasteiger partial charge on any atom is -0.459 e. The molecule has 3 nitrogen and oxygen atoms in total. The third-order valence-corrected chi connectivity index (χ3v) is 3.22. The Morgan fingerprint density at radius 1 is 1.29 bits per heavy atom. The van der Waals surface area contributed by atoms with Crippen LogP contribution in [0, 0.1) is 11.3 Å². The zero-order valence-corrected chi connectivity index (χ0v) is 12.8. The highest BCUT2D eigenvalue weighted by molar-refractivity contribution is 5.97. The topological polar surface area (TPSA) is 50.1 Å². The monoisotopic (exact) mass is 285 g/mol. The molecule has 0 aliphatic carbocycles. The first-order valence-corrected chi connectivity index (χ1v) is 7.55. The van der Waals surface area contributed by atoms with Crippen molar-refractivity contribution < 1.29 is 9.53 Å². The fraction of sp³-hybridized carbons (Fsp3) is 0.444. The van der Waals surface area contributed by atoms with E-state index < -0.39 is 5.97 Å². The van der Waals surface area contributed by atoms with Crippen LogP contribution < -0.4 is 0 Å². The van der Waals surface area contributed by atoms with Gasteiger partial charge in [0.1, 0.15) is 11.6 Å². The molecule has 0 fully saturated rings. The lowest BCUT2D eigenvalue weighted by atomic mass is 10.1. The normalized spacial score (nSPS) is 12.5. The second kappa shape index (κ2) is 9.77. The second-order valence-corrected chi connectivity index (χ2v) is 5.15. The maximum Gasteiger partial charge on any atom is 0.349 e. The molecule has 0 aliphatic rings. The predicted molar refractivity (Wildman–Crippen MR) is 84.3 cm³/mol. The predicted octanol–water partition coefficient (Wildman–Crippen LogP) is 4.50. The van der Waals surface area contributed by atoms with Crippen LogP contribution in [0.3, 0.4) is 0 Å². The molecule has 1 aromatic carbocycles. The van der Waals surface area contributed by atoms with Crippen molar-refractivity contribution in [1.29, 1.82) is 5.26 Å². The molecule has 1 unspecified atom stereocenters. The Balaban J connectivity index is 2.52. The Hall–Kier alpha value is -2.08. The number of benzene rings is 1. The lowest BCUT2D eigenvalue weighted by molar-refractivity contribution is -0.143. The summed E-state index contributed by atoms with van der Waals surface area (Å²) in [4.78, 5) is 12.0. The first-order valence-electron chi connectivity index (χ1n) is 7.55. The first kappa shape index (κ1) is 17.0. The van der Waals surface area contributed by atoms with E-state index in [1.54, 1.807) is 6.08 Å². The van der Waals surface area contributed by atoms with Crippen molar-refractivity contribution in [2.75, 3.05) is 0 Å². The second-order valence-electron chi connectivity index (χ2n) is 5.15. The number of hydrogen-bond donors (Lipinski definition) is 0. The molecule has 21 heavy (non-hydrogen) atoms. The first-order chi connectivity index (χ1) is 10.2. The average Bonchev–Trinajstić information content (AvgIpc) is 2.50. The van der Waals surface area contributed by atoms with Gasteiger partial charge in [0, 0.05) is 0 Å². The summed E-state index contributed by atoms with van der Waals surface area (Å²) in [6.07, 6.45) is 6.85. The van der Waals surface area contributed by atoms with Gasteiger partial charge in [0.05, 0.1) is 6.10 Å². The standard InChI is InChI=1S/C18H23NO2/c1-3-4-5-7-10-15(2)21-18(20)17(14-19)13-16-11-8-6-9-12-16/h6,8-9,11-13,15H,3-5,7,10H2,1-2H3/b17-13+. The van der Waals surface area contributed by atoms with E-state index in [9.17, 15) is 4.79 Å². The number of carbonyl (C=O) groups excluding carboxylic acids is 1. The maximum absolute atomic E-state index is 12.0. The molecule has 3 heteroatoms. The van der Waals surface area contributed by atoms with Crippen molar-refractivity contribution in [3.63, 3.8) is 0 Å². The maximum atomic E-state index is 12.0. The van der Waals surface area contributed by atoms with Gasteiger partial charge in [0.15, 0.2) is 0 Å². The van der Waals surface area contributed by atoms with Gasteiger partial charge in [-0.25, -0.2) is 4.79 Å². The Morgan fingerprint density at radius 3 is 2.62 bits per heavy atom. The molecular weight excluding hydrogens is 262 g/mol. The lowest BCUT2D eigenvalue weighted by Crippen LogP contribution is -2.16. The molecule has 0 radical (unpaired) electrons. The molecule has 0 heterocycles. The molecule has 0 saturated carbocycles. The van der Waals surface area contributed by atoms with E-state index in [-0.39, 0.29) is 11.7 Å². The SMILES string of the molecule is CCCCCCC(C)OC(=O)/C(C#N)=C/c1ccccc1. The van der Waals surface area contributed by atoms with E-state index in [1.165, 1.54) is 12.8 Å². The van der Waals surface area contributed by atoms with Gasteiger partial charge in [-0.05, 0) is 31.4 Å². The molecule has 0 N–H and O–H groups in total. The number of unbranched alkanes of at least 4 members (excludes halogenated alkanes) is 3. The van der Waals surface area contributed by atoms with Gasteiger partial charge in [-0.2, -0.15) is 5.26 Å². The minimum absolute atomic E-state index is 0.0432. The van der Waals surface area contributed by atoms with Gasteiger partial charge in [-0.3, -0.25) is 0 Å². The smallest absolute Gasteiger partial charge is 0.349 e. The summed E-state index contributed by atoms with van der Waals surface area (Å²) in [5.41, 5.74) is 0.864. The van der Waals surface area contributed by atoms with Crippen LogP contribution >= 0.6 is 0 Å². The summed E-state index contributed by atoms with van der Waals surface area (Å²) >= 11 is 0. The molecule has 0 spiro atoms. The number of esters is 1. The molecule has 0 aromatic heterocycles. The minimum atomic E-state index is -0.538. The largest absolute Gasteiger partial charge is 0.459 e. The van der Waals surface area contributed by atoms with Gasteiger partial charge in [0.25, 0.3) is 0 Å².